The first-order chi connectivity index (χ1) is 57.2. The Hall–Kier alpha value is -4.31. The van der Waals surface area contributed by atoms with Crippen LogP contribution in [0.25, 0.3) is 0 Å². The Morgan fingerprint density at radius 3 is 0.744 bits per heavy atom. The Balaban J connectivity index is 4.44. The highest BCUT2D eigenvalue weighted by molar-refractivity contribution is 7.47. The van der Waals surface area contributed by atoms with Gasteiger partial charge in [0, 0.05) is 19.3 Å². The van der Waals surface area contributed by atoms with E-state index in [9.17, 15) is 43.5 Å². The van der Waals surface area contributed by atoms with Crippen molar-refractivity contribution in [1.82, 2.24) is 0 Å². The maximum absolute atomic E-state index is 13.0. The lowest BCUT2D eigenvalue weighted by molar-refractivity contribution is -0.161. The number of carbonyl (C=O) groups is 3. The van der Waals surface area contributed by atoms with E-state index in [2.05, 4.69) is 154 Å². The Morgan fingerprint density at radius 1 is 0.248 bits per heavy atom. The molecule has 0 bridgehead atoms. The molecule has 16 nitrogen and oxygen atoms in total. The quantitative estimate of drug-likeness (QED) is 0.0146. The maximum atomic E-state index is 13.0. The first-order valence-corrected chi connectivity index (χ1v) is 50.5. The van der Waals surface area contributed by atoms with Gasteiger partial charge in [0.25, 0.3) is 0 Å². The van der Waals surface area contributed by atoms with Crippen molar-refractivity contribution >= 4 is 33.6 Å². The molecule has 0 radical (unpaired) electrons. The molecule has 0 saturated carbocycles. The molecule has 0 aromatic rings. The zero-order valence-corrected chi connectivity index (χ0v) is 76.4. The van der Waals surface area contributed by atoms with Crippen LogP contribution in [0.15, 0.2) is 134 Å². The lowest BCUT2D eigenvalue weighted by Gasteiger charge is -2.21. The minimum absolute atomic E-state index is 0.0964. The fourth-order valence-electron chi connectivity index (χ4n) is 13.1. The minimum Gasteiger partial charge on any atom is -0.463 e. The highest BCUT2D eigenvalue weighted by Crippen LogP contribution is 2.45. The first kappa shape index (κ1) is 113. The van der Waals surface area contributed by atoms with E-state index in [0.29, 0.717) is 19.3 Å². The molecule has 0 heterocycles. The minimum atomic E-state index is -4.94. The van der Waals surface area contributed by atoms with Crippen LogP contribution in [0.5, 0.6) is 0 Å². The first-order valence-electron chi connectivity index (χ1n) is 47.5. The number of ether oxygens (including phenoxy) is 3. The summed E-state index contributed by atoms with van der Waals surface area (Å²) in [5.74, 6) is -1.57. The molecule has 0 amide bonds. The second kappa shape index (κ2) is 90.9. The third-order valence-electron chi connectivity index (χ3n) is 20.3. The molecule has 0 aliphatic rings. The topological polar surface area (TPSA) is 231 Å². The summed E-state index contributed by atoms with van der Waals surface area (Å²) >= 11 is 0. The second-order valence-electron chi connectivity index (χ2n) is 31.8. The summed E-state index contributed by atoms with van der Waals surface area (Å²) in [6, 6.07) is 0. The standard InChI is InChI=1S/C99H174O16P2/c1-4-7-10-13-16-19-22-25-28-30-32-34-36-38-40-42-44-46-48-50-52-54-56-58-60-62-65-67-70-73-76-79-82-85-97(102)109-88-94(100)89-111-116(105,106)112-90-95(101)91-113-117(107,108)114-93-96(115-99(104)87-84-81-78-75-72-69-64-27-24-21-18-15-12-9-6-3)92-110-98(103)86-83-80-77-74-71-68-66-63-61-59-57-55-53-51-49-47-45-43-41-39-37-35-33-31-29-26-23-20-17-14-11-8-5-2/h7,10,16-17,19-20,25-29,32-35,38-41,44,46,64,94-96,100-101H,4-6,8-9,11-15,18,21-24,30-31,36-37,42-43,45,47-63,65-93H2,1-3H3,(H,105,106)(H,107,108)/b10-7-,19-16-,20-17-,28-25-,29-26-,34-32-,35-33-,40-38-,41-39-,46-44-,64-27-. The molecule has 5 atom stereocenters. The number of unbranched alkanes of at least 4 members (excludes halogenated alkanes) is 45. The molecule has 4 N–H and O–H groups in total. The number of phosphoric ester groups is 2. The average Bonchev–Trinajstić information content (AvgIpc) is 0.874. The molecule has 0 saturated heterocycles. The number of allylic oxidation sites excluding steroid dienone is 22. The van der Waals surface area contributed by atoms with Crippen molar-refractivity contribution in [1.29, 1.82) is 0 Å². The van der Waals surface area contributed by atoms with Crippen LogP contribution in [-0.2, 0) is 55.8 Å². The Morgan fingerprint density at radius 2 is 0.453 bits per heavy atom. The number of carbonyl (C=O) groups excluding carboxylic acids is 3. The average molecular weight is 1680 g/mol. The molecule has 0 aliphatic heterocycles. The largest absolute Gasteiger partial charge is 0.472 e. The van der Waals surface area contributed by atoms with E-state index >= 15 is 0 Å². The van der Waals surface area contributed by atoms with Crippen molar-refractivity contribution in [3.05, 3.63) is 134 Å². The molecule has 18 heteroatoms. The van der Waals surface area contributed by atoms with Crippen LogP contribution in [0.3, 0.4) is 0 Å². The van der Waals surface area contributed by atoms with Gasteiger partial charge in [-0.25, -0.2) is 9.13 Å². The molecule has 0 spiro atoms. The van der Waals surface area contributed by atoms with E-state index < -0.39 is 91.5 Å². The molecule has 0 aromatic heterocycles. The zero-order valence-electron chi connectivity index (χ0n) is 74.6. The lowest BCUT2D eigenvalue weighted by atomic mass is 10.0. The summed E-state index contributed by atoms with van der Waals surface area (Å²) < 4.78 is 61.4. The van der Waals surface area contributed by atoms with Gasteiger partial charge < -0.3 is 34.2 Å². The van der Waals surface area contributed by atoms with E-state index in [1.165, 1.54) is 218 Å². The van der Waals surface area contributed by atoms with Crippen LogP contribution in [0.2, 0.25) is 0 Å². The van der Waals surface area contributed by atoms with Crippen LogP contribution < -0.4 is 0 Å². The van der Waals surface area contributed by atoms with Gasteiger partial charge in [0.2, 0.25) is 0 Å². The van der Waals surface area contributed by atoms with Crippen molar-refractivity contribution in [2.24, 2.45) is 0 Å². The fourth-order valence-corrected chi connectivity index (χ4v) is 14.7. The third-order valence-corrected chi connectivity index (χ3v) is 22.2. The normalized spacial score (nSPS) is 14.4. The number of aliphatic hydroxyl groups is 2. The Bertz CT molecular complexity index is 2660. The van der Waals surface area contributed by atoms with Gasteiger partial charge in [-0.2, -0.15) is 0 Å². The highest BCUT2D eigenvalue weighted by atomic mass is 31.2. The zero-order chi connectivity index (χ0) is 85.1. The maximum Gasteiger partial charge on any atom is 0.472 e. The van der Waals surface area contributed by atoms with E-state index in [0.717, 1.165) is 141 Å². The van der Waals surface area contributed by atoms with Gasteiger partial charge in [-0.05, 0) is 141 Å². The Kier molecular flexibility index (Phi) is 87.6. The molecule has 0 rings (SSSR count). The van der Waals surface area contributed by atoms with E-state index in [1.54, 1.807) is 0 Å². The number of phosphoric acid groups is 2. The summed E-state index contributed by atoms with van der Waals surface area (Å²) in [5, 5.41) is 20.7. The van der Waals surface area contributed by atoms with E-state index in [-0.39, 0.29) is 19.3 Å². The Labute approximate surface area is 715 Å². The predicted octanol–water partition coefficient (Wildman–Crippen LogP) is 29.3. The third kappa shape index (κ3) is 92.3. The van der Waals surface area contributed by atoms with Gasteiger partial charge in [0.15, 0.2) is 6.10 Å². The fraction of sp³-hybridized carbons (Fsp3) is 0.747. The number of hydrogen-bond donors (Lipinski definition) is 4. The molecule has 117 heavy (non-hydrogen) atoms. The van der Waals surface area contributed by atoms with Crippen molar-refractivity contribution in [3.8, 4) is 0 Å². The second-order valence-corrected chi connectivity index (χ2v) is 34.7. The van der Waals surface area contributed by atoms with Gasteiger partial charge in [-0.3, -0.25) is 32.5 Å². The van der Waals surface area contributed by atoms with Crippen molar-refractivity contribution in [3.63, 3.8) is 0 Å². The van der Waals surface area contributed by atoms with Crippen LogP contribution in [0.1, 0.15) is 419 Å². The summed E-state index contributed by atoms with van der Waals surface area (Å²) in [4.78, 5) is 58.9. The van der Waals surface area contributed by atoms with Crippen molar-refractivity contribution in [2.75, 3.05) is 39.6 Å². The molecule has 676 valence electrons. The van der Waals surface area contributed by atoms with Gasteiger partial charge in [-0.15, -0.1) is 0 Å². The monoisotopic (exact) mass is 1680 g/mol. The van der Waals surface area contributed by atoms with E-state index in [4.69, 9.17) is 32.3 Å². The molecule has 5 unspecified atom stereocenters. The van der Waals surface area contributed by atoms with Gasteiger partial charge in [0.1, 0.15) is 25.4 Å². The molecule has 0 aliphatic carbocycles. The summed E-state index contributed by atoms with van der Waals surface area (Å²) in [5.41, 5.74) is 0. The van der Waals surface area contributed by atoms with Gasteiger partial charge in [-0.1, -0.05) is 392 Å². The van der Waals surface area contributed by atoms with Crippen LogP contribution in [0, 0.1) is 0 Å². The van der Waals surface area contributed by atoms with Crippen LogP contribution in [-0.4, -0.2) is 95.9 Å². The van der Waals surface area contributed by atoms with Crippen molar-refractivity contribution in [2.45, 2.75) is 437 Å². The van der Waals surface area contributed by atoms with Crippen molar-refractivity contribution < 1.29 is 75.8 Å². The molecule has 0 aromatic carbocycles. The number of rotatable bonds is 90. The van der Waals surface area contributed by atoms with Gasteiger partial charge >= 0.3 is 33.6 Å². The van der Waals surface area contributed by atoms with Crippen LogP contribution >= 0.6 is 15.6 Å². The number of hydrogen-bond acceptors (Lipinski definition) is 14. The number of aliphatic hydroxyl groups excluding tert-OH is 2. The smallest absolute Gasteiger partial charge is 0.463 e. The molecular formula is C99H174O16P2. The highest BCUT2D eigenvalue weighted by Gasteiger charge is 2.30. The SMILES string of the molecule is CC/C=C\C/C=C\C/C=C\C/C=C\C/C=C\C/C=C\CCCCCCCCCCCCCCCCC(=O)OCC(O)COP(=O)(O)OCC(O)COP(=O)(O)OCC(COC(=O)CCCCCCCCCCCCCCCCCCC/C=C\C/C=C\C/C=C\C/C=C\CCCCC)OC(=O)CCCCCCC/C=C\CCCCCCCC. The molecule has 0 fully saturated rings. The summed E-state index contributed by atoms with van der Waals surface area (Å²) in [6.07, 6.45) is 114. The number of esters is 3. The van der Waals surface area contributed by atoms with E-state index in [1.807, 2.05) is 0 Å². The lowest BCUT2D eigenvalue weighted by Crippen LogP contribution is -2.30. The van der Waals surface area contributed by atoms with Crippen LogP contribution in [0.4, 0.5) is 0 Å². The predicted molar refractivity (Wildman–Crippen MR) is 491 cm³/mol. The molecular weight excluding hydrogens is 1510 g/mol. The van der Waals surface area contributed by atoms with Gasteiger partial charge in [0.05, 0.1) is 26.4 Å². The summed E-state index contributed by atoms with van der Waals surface area (Å²) in [7, 11) is -9.80. The summed E-state index contributed by atoms with van der Waals surface area (Å²) in [6.45, 7) is 2.59.